The first-order valence-corrected chi connectivity index (χ1v) is 9.95. The summed E-state index contributed by atoms with van der Waals surface area (Å²) in [4.78, 5) is 25.1. The van der Waals surface area contributed by atoms with Crippen molar-refractivity contribution in [3.05, 3.63) is 66.2 Å². The van der Waals surface area contributed by atoms with Crippen LogP contribution in [-0.4, -0.2) is 28.1 Å². The Morgan fingerprint density at radius 2 is 1.61 bits per heavy atom. The van der Waals surface area contributed by atoms with Crippen LogP contribution < -0.4 is 10.6 Å². The number of carbonyl (C=O) groups is 2. The van der Waals surface area contributed by atoms with Crippen molar-refractivity contribution in [2.75, 3.05) is 5.32 Å². The van der Waals surface area contributed by atoms with Crippen LogP contribution in [0.3, 0.4) is 0 Å². The molecule has 2 aromatic carbocycles. The van der Waals surface area contributed by atoms with Gasteiger partial charge in [0.2, 0.25) is 16.9 Å². The number of carbonyl (C=O) groups excluding carboxylic acids is 2. The third-order valence-electron chi connectivity index (χ3n) is 4.35. The molecule has 0 saturated heterocycles. The van der Waals surface area contributed by atoms with Crippen LogP contribution in [0, 0.1) is 0 Å². The fourth-order valence-corrected chi connectivity index (χ4v) is 3.57. The van der Waals surface area contributed by atoms with Crippen molar-refractivity contribution in [2.45, 2.75) is 32.2 Å². The molecule has 28 heavy (non-hydrogen) atoms. The number of benzene rings is 2. The molecule has 0 aliphatic heterocycles. The molecular formula is C21H22N4O2S. The quantitative estimate of drug-likeness (QED) is 0.638. The van der Waals surface area contributed by atoms with Crippen LogP contribution in [0.4, 0.5) is 5.13 Å². The molecule has 1 heterocycles. The molecule has 0 saturated carbocycles. The molecule has 0 fully saturated rings. The number of nitrogens with one attached hydrogen (secondary N) is 2. The van der Waals surface area contributed by atoms with Crippen LogP contribution in [-0.2, 0) is 9.59 Å². The third kappa shape index (κ3) is 4.80. The Morgan fingerprint density at radius 3 is 2.25 bits per heavy atom. The first-order valence-electron chi connectivity index (χ1n) is 9.13. The van der Waals surface area contributed by atoms with Crippen LogP contribution in [0.1, 0.15) is 31.7 Å². The summed E-state index contributed by atoms with van der Waals surface area (Å²) in [7, 11) is 0. The van der Waals surface area contributed by atoms with E-state index < -0.39 is 6.04 Å². The van der Waals surface area contributed by atoms with Gasteiger partial charge in [0.1, 0.15) is 11.0 Å². The lowest BCUT2D eigenvalue weighted by Crippen LogP contribution is -2.43. The molecule has 0 radical (unpaired) electrons. The Bertz CT molecular complexity index is 928. The van der Waals surface area contributed by atoms with Gasteiger partial charge in [-0.25, -0.2) is 0 Å². The fraction of sp³-hybridized carbons (Fsp3) is 0.238. The van der Waals surface area contributed by atoms with Crippen LogP contribution in [0.2, 0.25) is 0 Å². The van der Waals surface area contributed by atoms with E-state index >= 15 is 0 Å². The van der Waals surface area contributed by atoms with Crippen LogP contribution in [0.15, 0.2) is 60.7 Å². The summed E-state index contributed by atoms with van der Waals surface area (Å²) in [6, 6.07) is 18.5. The van der Waals surface area contributed by atoms with Gasteiger partial charge >= 0.3 is 0 Å². The molecule has 2 N–H and O–H groups in total. The van der Waals surface area contributed by atoms with Gasteiger partial charge in [0, 0.05) is 5.56 Å². The van der Waals surface area contributed by atoms with E-state index in [1.807, 2.05) is 67.6 Å². The average Bonchev–Trinajstić information content (AvgIpc) is 3.18. The Kier molecular flexibility index (Phi) is 6.49. The molecule has 2 amide bonds. The third-order valence-corrected chi connectivity index (χ3v) is 5.24. The number of amides is 2. The SMILES string of the molecule is CC[C@H](C(=O)N[C@H](C)C(=O)Nc1nnc(-c2ccccc2)s1)c1ccccc1. The Hall–Kier alpha value is -3.06. The summed E-state index contributed by atoms with van der Waals surface area (Å²) >= 11 is 1.29. The maximum atomic E-state index is 12.6. The van der Waals surface area contributed by atoms with E-state index in [9.17, 15) is 9.59 Å². The fourth-order valence-electron chi connectivity index (χ4n) is 2.82. The molecule has 2 atom stereocenters. The molecule has 3 aromatic rings. The maximum Gasteiger partial charge on any atom is 0.248 e. The molecule has 144 valence electrons. The van der Waals surface area contributed by atoms with Gasteiger partial charge in [0.15, 0.2) is 0 Å². The summed E-state index contributed by atoms with van der Waals surface area (Å²) in [5.41, 5.74) is 1.88. The monoisotopic (exact) mass is 394 g/mol. The normalized spacial score (nSPS) is 12.8. The summed E-state index contributed by atoms with van der Waals surface area (Å²) < 4.78 is 0. The summed E-state index contributed by atoms with van der Waals surface area (Å²) in [5.74, 6) is -0.784. The van der Waals surface area contributed by atoms with E-state index in [-0.39, 0.29) is 17.7 Å². The summed E-state index contributed by atoms with van der Waals surface area (Å²) in [5, 5.41) is 14.8. The van der Waals surface area contributed by atoms with Gasteiger partial charge in [-0.1, -0.05) is 78.9 Å². The van der Waals surface area contributed by atoms with Crippen molar-refractivity contribution in [3.63, 3.8) is 0 Å². The molecule has 0 unspecified atom stereocenters. The Labute approximate surface area is 168 Å². The van der Waals surface area contributed by atoms with Crippen molar-refractivity contribution in [3.8, 4) is 10.6 Å². The summed E-state index contributed by atoms with van der Waals surface area (Å²) in [6.07, 6.45) is 0.654. The van der Waals surface area contributed by atoms with Gasteiger partial charge < -0.3 is 5.32 Å². The lowest BCUT2D eigenvalue weighted by atomic mass is 9.95. The highest BCUT2D eigenvalue weighted by Gasteiger charge is 2.23. The number of aromatic nitrogens is 2. The first kappa shape index (κ1) is 19.7. The predicted molar refractivity (Wildman–Crippen MR) is 111 cm³/mol. The van der Waals surface area contributed by atoms with Gasteiger partial charge in [-0.05, 0) is 18.9 Å². The Morgan fingerprint density at radius 1 is 0.964 bits per heavy atom. The van der Waals surface area contributed by atoms with Crippen molar-refractivity contribution >= 4 is 28.3 Å². The minimum absolute atomic E-state index is 0.168. The maximum absolute atomic E-state index is 12.6. The van der Waals surface area contributed by atoms with Crippen molar-refractivity contribution in [2.24, 2.45) is 0 Å². The lowest BCUT2D eigenvalue weighted by Gasteiger charge is -2.19. The molecular weight excluding hydrogens is 372 g/mol. The van der Waals surface area contributed by atoms with Crippen LogP contribution in [0.25, 0.3) is 10.6 Å². The van der Waals surface area contributed by atoms with Crippen molar-refractivity contribution in [1.82, 2.24) is 15.5 Å². The summed E-state index contributed by atoms with van der Waals surface area (Å²) in [6.45, 7) is 3.61. The zero-order valence-electron chi connectivity index (χ0n) is 15.8. The highest BCUT2D eigenvalue weighted by molar-refractivity contribution is 7.18. The van der Waals surface area contributed by atoms with E-state index in [1.165, 1.54) is 11.3 Å². The average molecular weight is 395 g/mol. The zero-order valence-corrected chi connectivity index (χ0v) is 16.6. The highest BCUT2D eigenvalue weighted by atomic mass is 32.1. The molecule has 6 nitrogen and oxygen atoms in total. The van der Waals surface area contributed by atoms with Gasteiger partial charge in [-0.3, -0.25) is 14.9 Å². The van der Waals surface area contributed by atoms with Gasteiger partial charge in [0.25, 0.3) is 0 Å². The molecule has 7 heteroatoms. The number of hydrogen-bond donors (Lipinski definition) is 2. The highest BCUT2D eigenvalue weighted by Crippen LogP contribution is 2.26. The van der Waals surface area contributed by atoms with Crippen LogP contribution in [0.5, 0.6) is 0 Å². The second-order valence-corrected chi connectivity index (χ2v) is 7.35. The topological polar surface area (TPSA) is 84.0 Å². The predicted octanol–water partition coefficient (Wildman–Crippen LogP) is 3.84. The van der Waals surface area contributed by atoms with Crippen LogP contribution >= 0.6 is 11.3 Å². The number of rotatable bonds is 7. The second-order valence-electron chi connectivity index (χ2n) is 6.37. The van der Waals surface area contributed by atoms with Gasteiger partial charge in [-0.15, -0.1) is 10.2 Å². The minimum Gasteiger partial charge on any atom is -0.344 e. The van der Waals surface area contributed by atoms with Crippen molar-refractivity contribution < 1.29 is 9.59 Å². The molecule has 3 rings (SSSR count). The smallest absolute Gasteiger partial charge is 0.248 e. The second kappa shape index (κ2) is 9.23. The number of nitrogens with zero attached hydrogens (tertiary/aromatic N) is 2. The van der Waals surface area contributed by atoms with Crippen molar-refractivity contribution in [1.29, 1.82) is 0 Å². The van der Waals surface area contributed by atoms with E-state index in [0.29, 0.717) is 11.6 Å². The van der Waals surface area contributed by atoms with E-state index in [2.05, 4.69) is 20.8 Å². The molecule has 0 aliphatic carbocycles. The van der Waals surface area contributed by atoms with E-state index in [0.717, 1.165) is 16.1 Å². The zero-order chi connectivity index (χ0) is 19.9. The molecule has 0 aliphatic rings. The molecule has 0 bridgehead atoms. The van der Waals surface area contributed by atoms with Gasteiger partial charge in [-0.2, -0.15) is 0 Å². The lowest BCUT2D eigenvalue weighted by molar-refractivity contribution is -0.127. The molecule has 0 spiro atoms. The van der Waals surface area contributed by atoms with E-state index in [4.69, 9.17) is 0 Å². The van der Waals surface area contributed by atoms with E-state index in [1.54, 1.807) is 6.92 Å². The standard InChI is InChI=1S/C21H22N4O2S/c1-3-17(15-10-6-4-7-11-15)19(27)22-14(2)18(26)23-21-25-24-20(28-21)16-12-8-5-9-13-16/h4-14,17H,3H2,1-2H3,(H,22,27)(H,23,25,26)/t14-,17+/m1/s1. The largest absolute Gasteiger partial charge is 0.344 e. The first-order chi connectivity index (χ1) is 13.6. The minimum atomic E-state index is -0.686. The molecule has 1 aromatic heterocycles. The van der Waals surface area contributed by atoms with Gasteiger partial charge in [0.05, 0.1) is 5.92 Å². The Balaban J connectivity index is 1.60. The number of anilines is 1. The number of hydrogen-bond acceptors (Lipinski definition) is 5.